The molecule has 50 valence electrons. The Morgan fingerprint density at radius 1 is 0.900 bits per heavy atom. The summed E-state index contributed by atoms with van der Waals surface area (Å²) in [6, 6.07) is 0. The highest BCUT2D eigenvalue weighted by Crippen LogP contribution is 2.29. The first kappa shape index (κ1) is 5.59. The molecule has 0 aromatic heterocycles. The molecule has 10 heavy (non-hydrogen) atoms. The molecule has 0 heterocycles. The number of hydrogen-bond acceptors (Lipinski definition) is 2. The Balaban J connectivity index is 2.39. The molecule has 0 unspecified atom stereocenters. The third-order valence-corrected chi connectivity index (χ3v) is 1.98. The third kappa shape index (κ3) is 0.533. The van der Waals surface area contributed by atoms with E-state index < -0.39 is 0 Å². The van der Waals surface area contributed by atoms with Gasteiger partial charge in [0.1, 0.15) is 0 Å². The van der Waals surface area contributed by atoms with E-state index in [-0.39, 0.29) is 23.4 Å². The third-order valence-electron chi connectivity index (χ3n) is 1.98. The average Bonchev–Trinajstić information content (AvgIpc) is 2.41. The molecule has 0 N–H and O–H groups in total. The van der Waals surface area contributed by atoms with E-state index in [4.69, 9.17) is 0 Å². The van der Waals surface area contributed by atoms with E-state index in [0.29, 0.717) is 0 Å². The minimum atomic E-state index is -0.160. The molecule has 0 amide bonds. The van der Waals surface area contributed by atoms with Gasteiger partial charge in [0.15, 0.2) is 11.6 Å². The Bertz CT molecular complexity index is 232. The molecule has 0 saturated heterocycles. The molecule has 2 rings (SSSR count). The van der Waals surface area contributed by atoms with Crippen molar-refractivity contribution in [3.63, 3.8) is 0 Å². The predicted molar refractivity (Wildman–Crippen MR) is 35.3 cm³/mol. The molecule has 0 aliphatic heterocycles. The molecule has 0 bridgehead atoms. The van der Waals surface area contributed by atoms with E-state index in [9.17, 15) is 9.59 Å². The lowest BCUT2D eigenvalue weighted by molar-refractivity contribution is -0.121. The van der Waals surface area contributed by atoms with Gasteiger partial charge in [-0.25, -0.2) is 0 Å². The maximum atomic E-state index is 10.9. The van der Waals surface area contributed by atoms with Crippen LogP contribution in [0, 0.1) is 11.8 Å². The Labute approximate surface area is 58.2 Å². The zero-order valence-corrected chi connectivity index (χ0v) is 5.28. The number of carbonyl (C=O) groups excluding carboxylic acids is 2. The lowest BCUT2D eigenvalue weighted by Crippen LogP contribution is -2.13. The van der Waals surface area contributed by atoms with Gasteiger partial charge in [-0.05, 0) is 12.2 Å². The highest BCUT2D eigenvalue weighted by molar-refractivity contribution is 6.08. The molecule has 2 nitrogen and oxygen atoms in total. The van der Waals surface area contributed by atoms with Crippen LogP contribution in [0.25, 0.3) is 0 Å². The molecular weight excluding hydrogens is 128 g/mol. The Morgan fingerprint density at radius 3 is 1.70 bits per heavy atom. The summed E-state index contributed by atoms with van der Waals surface area (Å²) in [6.45, 7) is 0. The SMILES string of the molecule is O=C1C=C[C@H]2C(=O)C=C[C@H]12. The molecule has 0 aromatic rings. The van der Waals surface area contributed by atoms with Crippen molar-refractivity contribution in [1.82, 2.24) is 0 Å². The largest absolute Gasteiger partial charge is 0.294 e. The maximum absolute atomic E-state index is 10.9. The van der Waals surface area contributed by atoms with E-state index in [0.717, 1.165) is 0 Å². The van der Waals surface area contributed by atoms with E-state index in [1.807, 2.05) is 0 Å². The highest BCUT2D eigenvalue weighted by Gasteiger charge is 2.35. The van der Waals surface area contributed by atoms with E-state index in [1.165, 1.54) is 12.2 Å². The van der Waals surface area contributed by atoms with Crippen LogP contribution in [0.5, 0.6) is 0 Å². The first-order valence-corrected chi connectivity index (χ1v) is 3.23. The lowest BCUT2D eigenvalue weighted by Gasteiger charge is -2.01. The van der Waals surface area contributed by atoms with Crippen LogP contribution < -0.4 is 0 Å². The molecule has 0 saturated carbocycles. The van der Waals surface area contributed by atoms with Crippen LogP contribution in [0.15, 0.2) is 24.3 Å². The second-order valence-electron chi connectivity index (χ2n) is 2.57. The van der Waals surface area contributed by atoms with Crippen molar-refractivity contribution in [2.24, 2.45) is 11.8 Å². The van der Waals surface area contributed by atoms with Crippen molar-refractivity contribution in [1.29, 1.82) is 0 Å². The summed E-state index contributed by atoms with van der Waals surface area (Å²) in [6.07, 6.45) is 6.37. The number of carbonyl (C=O) groups is 2. The second-order valence-corrected chi connectivity index (χ2v) is 2.57. The van der Waals surface area contributed by atoms with Crippen molar-refractivity contribution in [2.45, 2.75) is 0 Å². The van der Waals surface area contributed by atoms with Crippen molar-refractivity contribution in [2.75, 3.05) is 0 Å². The molecule has 0 radical (unpaired) electrons. The normalized spacial score (nSPS) is 35.6. The summed E-state index contributed by atoms with van der Waals surface area (Å²) in [4.78, 5) is 21.8. The molecular formula is C8H6O2. The fraction of sp³-hybridized carbons (Fsp3) is 0.250. The number of hydrogen-bond donors (Lipinski definition) is 0. The van der Waals surface area contributed by atoms with Gasteiger partial charge < -0.3 is 0 Å². The van der Waals surface area contributed by atoms with Gasteiger partial charge in [0, 0.05) is 0 Å². The van der Waals surface area contributed by atoms with Gasteiger partial charge in [-0.15, -0.1) is 0 Å². The number of allylic oxidation sites excluding steroid dienone is 4. The first-order valence-electron chi connectivity index (χ1n) is 3.23. The van der Waals surface area contributed by atoms with Crippen molar-refractivity contribution >= 4 is 11.6 Å². The van der Waals surface area contributed by atoms with E-state index in [2.05, 4.69) is 0 Å². The van der Waals surface area contributed by atoms with Gasteiger partial charge in [-0.3, -0.25) is 9.59 Å². The maximum Gasteiger partial charge on any atom is 0.163 e. The highest BCUT2D eigenvalue weighted by atomic mass is 16.1. The average molecular weight is 134 g/mol. The summed E-state index contributed by atoms with van der Waals surface area (Å²) in [7, 11) is 0. The number of rotatable bonds is 0. The minimum Gasteiger partial charge on any atom is -0.294 e. The standard InChI is InChI=1S/C8H6O2/c9-7-3-1-5-6(7)2-4-8(5)10/h1-6H/t5-,6+. The topological polar surface area (TPSA) is 34.1 Å². The van der Waals surface area contributed by atoms with Gasteiger partial charge >= 0.3 is 0 Å². The molecule has 0 spiro atoms. The van der Waals surface area contributed by atoms with Gasteiger partial charge in [0.2, 0.25) is 0 Å². The summed E-state index contributed by atoms with van der Waals surface area (Å²) in [5.74, 6) is -0.195. The van der Waals surface area contributed by atoms with Gasteiger partial charge in [0.05, 0.1) is 11.8 Å². The van der Waals surface area contributed by atoms with E-state index >= 15 is 0 Å². The zero-order chi connectivity index (χ0) is 7.14. The fourth-order valence-corrected chi connectivity index (χ4v) is 1.40. The Kier molecular flexibility index (Phi) is 0.926. The van der Waals surface area contributed by atoms with Crippen LogP contribution in [0.1, 0.15) is 0 Å². The van der Waals surface area contributed by atoms with Crippen LogP contribution in [-0.2, 0) is 9.59 Å². The minimum absolute atomic E-state index is 0.0621. The van der Waals surface area contributed by atoms with Crippen molar-refractivity contribution in [3.05, 3.63) is 24.3 Å². The molecule has 2 atom stereocenters. The zero-order valence-electron chi connectivity index (χ0n) is 5.28. The summed E-state index contributed by atoms with van der Waals surface area (Å²) >= 11 is 0. The van der Waals surface area contributed by atoms with Gasteiger partial charge in [0.25, 0.3) is 0 Å². The van der Waals surface area contributed by atoms with Crippen molar-refractivity contribution < 1.29 is 9.59 Å². The summed E-state index contributed by atoms with van der Waals surface area (Å²) in [5.41, 5.74) is 0. The first-order chi connectivity index (χ1) is 4.79. The molecule has 0 fully saturated rings. The molecule has 2 heteroatoms. The predicted octanol–water partition coefficient (Wildman–Crippen LogP) is 0.497. The Morgan fingerprint density at radius 2 is 1.30 bits per heavy atom. The smallest absolute Gasteiger partial charge is 0.163 e. The Hall–Kier alpha value is -1.18. The monoisotopic (exact) mass is 134 g/mol. The lowest BCUT2D eigenvalue weighted by atomic mass is 9.98. The van der Waals surface area contributed by atoms with Crippen LogP contribution in [0.4, 0.5) is 0 Å². The van der Waals surface area contributed by atoms with Crippen LogP contribution in [-0.4, -0.2) is 11.6 Å². The molecule has 2 aliphatic rings. The van der Waals surface area contributed by atoms with Crippen LogP contribution in [0.3, 0.4) is 0 Å². The number of fused-ring (bicyclic) bond motifs is 1. The van der Waals surface area contributed by atoms with Crippen LogP contribution in [0.2, 0.25) is 0 Å². The molecule has 2 aliphatic carbocycles. The second kappa shape index (κ2) is 1.66. The van der Waals surface area contributed by atoms with E-state index in [1.54, 1.807) is 12.2 Å². The fourth-order valence-electron chi connectivity index (χ4n) is 1.40. The molecule has 0 aromatic carbocycles. The quantitative estimate of drug-likeness (QED) is 0.483. The van der Waals surface area contributed by atoms with Gasteiger partial charge in [-0.2, -0.15) is 0 Å². The van der Waals surface area contributed by atoms with Crippen LogP contribution >= 0.6 is 0 Å². The summed E-state index contributed by atoms with van der Waals surface area (Å²) in [5, 5.41) is 0. The van der Waals surface area contributed by atoms with Gasteiger partial charge in [-0.1, -0.05) is 12.2 Å². The summed E-state index contributed by atoms with van der Waals surface area (Å²) < 4.78 is 0. The van der Waals surface area contributed by atoms with Crippen molar-refractivity contribution in [3.8, 4) is 0 Å². The number of ketones is 2.